The van der Waals surface area contributed by atoms with Crippen LogP contribution in [-0.4, -0.2) is 39.0 Å². The summed E-state index contributed by atoms with van der Waals surface area (Å²) in [5, 5.41) is 3.08. The predicted octanol–water partition coefficient (Wildman–Crippen LogP) is 3.80. The van der Waals surface area contributed by atoms with E-state index in [0.29, 0.717) is 12.0 Å². The van der Waals surface area contributed by atoms with Gasteiger partial charge in [0.2, 0.25) is 0 Å². The Morgan fingerprint density at radius 2 is 2.00 bits per heavy atom. The molecule has 1 saturated heterocycles. The summed E-state index contributed by atoms with van der Waals surface area (Å²) in [6.07, 6.45) is 2.41. The van der Waals surface area contributed by atoms with E-state index in [4.69, 9.17) is 9.97 Å². The summed E-state index contributed by atoms with van der Waals surface area (Å²) in [6, 6.07) is 2.64. The lowest BCUT2D eigenvalue weighted by Crippen LogP contribution is -2.39. The Balaban J connectivity index is 1.89. The fourth-order valence-electron chi connectivity index (χ4n) is 3.04. The van der Waals surface area contributed by atoms with Gasteiger partial charge in [0.05, 0.1) is 0 Å². The highest BCUT2D eigenvalue weighted by Gasteiger charge is 2.25. The minimum Gasteiger partial charge on any atom is -0.300 e. The molecule has 3 rings (SSSR count). The number of hydrogen-bond donors (Lipinski definition) is 0. The molecule has 22 heavy (non-hydrogen) atoms. The number of nitrogens with zero attached hydrogens (tertiary/aromatic N) is 4. The van der Waals surface area contributed by atoms with Gasteiger partial charge in [-0.2, -0.15) is 0 Å². The molecule has 1 unspecified atom stereocenters. The number of hydrogen-bond acceptors (Lipinski definition) is 5. The zero-order chi connectivity index (χ0) is 15.7. The number of rotatable bonds is 3. The van der Waals surface area contributed by atoms with Crippen LogP contribution in [0.5, 0.6) is 0 Å². The smallest absolute Gasteiger partial charge is 0.142 e. The molecule has 3 heterocycles. The maximum atomic E-state index is 4.84. The molecule has 0 spiro atoms. The number of aromatic nitrogens is 3. The van der Waals surface area contributed by atoms with Crippen molar-refractivity contribution in [2.75, 3.05) is 13.1 Å². The molecule has 0 N–H and O–H groups in total. The van der Waals surface area contributed by atoms with E-state index in [-0.39, 0.29) is 0 Å². The third-order valence-corrected chi connectivity index (χ3v) is 5.24. The molecule has 1 atom stereocenters. The van der Waals surface area contributed by atoms with Crippen molar-refractivity contribution in [3.05, 3.63) is 28.7 Å². The minimum atomic E-state index is 0.441. The first-order valence-corrected chi connectivity index (χ1v) is 8.93. The molecule has 0 bridgehead atoms. The largest absolute Gasteiger partial charge is 0.300 e. The van der Waals surface area contributed by atoms with Gasteiger partial charge in [-0.25, -0.2) is 15.0 Å². The number of likely N-dealkylation sites (tertiary alicyclic amines) is 1. The van der Waals surface area contributed by atoms with E-state index < -0.39 is 0 Å². The molecular formula is C17H24N4S. The molecule has 0 amide bonds. The number of thiazole rings is 1. The fraction of sp³-hybridized carbons (Fsp3) is 0.588. The van der Waals surface area contributed by atoms with Crippen LogP contribution in [-0.2, 0) is 0 Å². The van der Waals surface area contributed by atoms with Gasteiger partial charge in [0.25, 0.3) is 0 Å². The van der Waals surface area contributed by atoms with E-state index in [2.05, 4.69) is 36.0 Å². The topological polar surface area (TPSA) is 41.9 Å². The van der Waals surface area contributed by atoms with Gasteiger partial charge in [-0.3, -0.25) is 0 Å². The van der Waals surface area contributed by atoms with E-state index in [1.165, 1.54) is 19.4 Å². The first kappa shape index (κ1) is 15.6. The Labute approximate surface area is 136 Å². The fourth-order valence-corrected chi connectivity index (χ4v) is 3.80. The molecule has 2 aromatic rings. The lowest BCUT2D eigenvalue weighted by Gasteiger charge is -2.34. The zero-order valence-corrected chi connectivity index (χ0v) is 14.7. The van der Waals surface area contributed by atoms with Crippen LogP contribution in [0.4, 0.5) is 0 Å². The first-order chi connectivity index (χ1) is 10.5. The van der Waals surface area contributed by atoms with E-state index in [0.717, 1.165) is 34.5 Å². The molecule has 0 radical (unpaired) electrons. The molecule has 1 aliphatic heterocycles. The summed E-state index contributed by atoms with van der Waals surface area (Å²) in [6.45, 7) is 10.9. The highest BCUT2D eigenvalue weighted by molar-refractivity contribution is 7.13. The molecular weight excluding hydrogens is 292 g/mol. The molecule has 118 valence electrons. The average molecular weight is 316 g/mol. The maximum Gasteiger partial charge on any atom is 0.142 e. The van der Waals surface area contributed by atoms with Gasteiger partial charge in [0.15, 0.2) is 0 Å². The van der Waals surface area contributed by atoms with Gasteiger partial charge in [-0.1, -0.05) is 0 Å². The Kier molecular flexibility index (Phi) is 4.54. The van der Waals surface area contributed by atoms with Crippen molar-refractivity contribution in [2.24, 2.45) is 0 Å². The highest BCUT2D eigenvalue weighted by atomic mass is 32.1. The van der Waals surface area contributed by atoms with Crippen molar-refractivity contribution < 1.29 is 0 Å². The third-order valence-electron chi connectivity index (χ3n) is 4.26. The van der Waals surface area contributed by atoms with Gasteiger partial charge < -0.3 is 4.90 Å². The van der Waals surface area contributed by atoms with Crippen LogP contribution in [0, 0.1) is 13.8 Å². The normalized spacial score (nSPS) is 19.8. The van der Waals surface area contributed by atoms with E-state index in [9.17, 15) is 0 Å². The summed E-state index contributed by atoms with van der Waals surface area (Å²) in [4.78, 5) is 16.7. The highest BCUT2D eigenvalue weighted by Crippen LogP contribution is 2.28. The lowest BCUT2D eigenvalue weighted by atomic mass is 9.96. The molecule has 5 heteroatoms. The summed E-state index contributed by atoms with van der Waals surface area (Å²) in [5.74, 6) is 1.43. The van der Waals surface area contributed by atoms with Crippen LogP contribution in [0.3, 0.4) is 0 Å². The second-order valence-corrected chi connectivity index (χ2v) is 7.33. The summed E-state index contributed by atoms with van der Waals surface area (Å²) < 4.78 is 0. The Bertz CT molecular complexity index is 650. The summed E-state index contributed by atoms with van der Waals surface area (Å²) in [5.41, 5.74) is 3.07. The van der Waals surface area contributed by atoms with Crippen LogP contribution in [0.2, 0.25) is 0 Å². The van der Waals surface area contributed by atoms with Crippen LogP contribution in [0.15, 0.2) is 11.4 Å². The Hall–Kier alpha value is -1.33. The van der Waals surface area contributed by atoms with Crippen LogP contribution in [0.1, 0.15) is 49.8 Å². The Morgan fingerprint density at radius 3 is 2.68 bits per heavy atom. The van der Waals surface area contributed by atoms with E-state index in [1.807, 2.05) is 13.0 Å². The molecule has 4 nitrogen and oxygen atoms in total. The van der Waals surface area contributed by atoms with Crippen molar-refractivity contribution >= 4 is 11.3 Å². The standard InChI is InChI=1S/C17H24N4S/c1-11(2)21-7-5-6-14(9-21)16-18-12(3)8-15(20-16)17-19-13(4)10-22-17/h8,10-11,14H,5-7,9H2,1-4H3. The number of aryl methyl sites for hydroxylation is 2. The number of piperidine rings is 1. The summed E-state index contributed by atoms with van der Waals surface area (Å²) in [7, 11) is 0. The molecule has 2 aromatic heterocycles. The molecule has 1 fully saturated rings. The van der Waals surface area contributed by atoms with Crippen LogP contribution in [0.25, 0.3) is 10.7 Å². The van der Waals surface area contributed by atoms with Crippen molar-refractivity contribution in [3.63, 3.8) is 0 Å². The SMILES string of the molecule is Cc1cc(-c2nc(C)cs2)nc(C2CCCN(C(C)C)C2)n1. The van der Waals surface area contributed by atoms with Gasteiger partial charge in [-0.15, -0.1) is 11.3 Å². The monoisotopic (exact) mass is 316 g/mol. The summed E-state index contributed by atoms with van der Waals surface area (Å²) >= 11 is 1.66. The lowest BCUT2D eigenvalue weighted by molar-refractivity contribution is 0.165. The zero-order valence-electron chi connectivity index (χ0n) is 13.8. The van der Waals surface area contributed by atoms with Crippen molar-refractivity contribution in [2.45, 2.75) is 52.5 Å². The molecule has 1 aliphatic rings. The Morgan fingerprint density at radius 1 is 1.18 bits per heavy atom. The second kappa shape index (κ2) is 6.42. The molecule has 0 aliphatic carbocycles. The quantitative estimate of drug-likeness (QED) is 0.863. The van der Waals surface area contributed by atoms with Gasteiger partial charge in [-0.05, 0) is 53.1 Å². The van der Waals surface area contributed by atoms with Crippen molar-refractivity contribution in [1.29, 1.82) is 0 Å². The average Bonchev–Trinajstić information content (AvgIpc) is 2.93. The van der Waals surface area contributed by atoms with Crippen LogP contribution >= 0.6 is 11.3 Å². The minimum absolute atomic E-state index is 0.441. The van der Waals surface area contributed by atoms with Crippen molar-refractivity contribution in [1.82, 2.24) is 19.9 Å². The third kappa shape index (κ3) is 3.36. The second-order valence-electron chi connectivity index (χ2n) is 6.47. The van der Waals surface area contributed by atoms with Gasteiger partial charge in [0.1, 0.15) is 16.5 Å². The molecule has 0 saturated carbocycles. The van der Waals surface area contributed by atoms with Gasteiger partial charge in [0, 0.05) is 35.3 Å². The van der Waals surface area contributed by atoms with E-state index >= 15 is 0 Å². The van der Waals surface area contributed by atoms with Crippen molar-refractivity contribution in [3.8, 4) is 10.7 Å². The van der Waals surface area contributed by atoms with E-state index in [1.54, 1.807) is 11.3 Å². The first-order valence-electron chi connectivity index (χ1n) is 8.05. The van der Waals surface area contributed by atoms with Gasteiger partial charge >= 0.3 is 0 Å². The van der Waals surface area contributed by atoms with Crippen LogP contribution < -0.4 is 0 Å². The molecule has 0 aromatic carbocycles. The predicted molar refractivity (Wildman–Crippen MR) is 91.3 cm³/mol. The maximum absolute atomic E-state index is 4.84.